The molecule has 1 aliphatic heterocycles. The van der Waals surface area contributed by atoms with Gasteiger partial charge in [0, 0.05) is 25.2 Å². The molecule has 1 saturated heterocycles. The summed E-state index contributed by atoms with van der Waals surface area (Å²) in [7, 11) is 0. The van der Waals surface area contributed by atoms with Crippen LogP contribution in [0.1, 0.15) is 37.6 Å². The van der Waals surface area contributed by atoms with Crippen molar-refractivity contribution in [2.45, 2.75) is 39.3 Å². The highest BCUT2D eigenvalue weighted by Gasteiger charge is 2.31. The molecule has 2 atom stereocenters. The van der Waals surface area contributed by atoms with Crippen molar-refractivity contribution in [3.05, 3.63) is 35.6 Å². The van der Waals surface area contributed by atoms with Crippen LogP contribution in [0.3, 0.4) is 0 Å². The van der Waals surface area contributed by atoms with Crippen molar-refractivity contribution in [1.29, 1.82) is 0 Å². The number of carbonyl (C=O) groups excluding carboxylic acids is 1. The lowest BCUT2D eigenvalue weighted by Crippen LogP contribution is -2.57. The fraction of sp³-hybridized carbons (Fsp3) is 0.562. The minimum Gasteiger partial charge on any atom is -0.333 e. The molecule has 1 aliphatic rings. The Labute approximate surface area is 120 Å². The molecule has 20 heavy (non-hydrogen) atoms. The van der Waals surface area contributed by atoms with Gasteiger partial charge in [0.05, 0.1) is 5.56 Å². The van der Waals surface area contributed by atoms with Crippen molar-refractivity contribution in [2.24, 2.45) is 5.92 Å². The third-order valence-electron chi connectivity index (χ3n) is 3.72. The van der Waals surface area contributed by atoms with Gasteiger partial charge in [0.25, 0.3) is 5.91 Å². The first-order valence-corrected chi connectivity index (χ1v) is 7.28. The maximum atomic E-state index is 13.8. The van der Waals surface area contributed by atoms with Gasteiger partial charge in [-0.3, -0.25) is 4.79 Å². The van der Waals surface area contributed by atoms with Crippen LogP contribution in [0, 0.1) is 11.7 Å². The Morgan fingerprint density at radius 2 is 2.15 bits per heavy atom. The van der Waals surface area contributed by atoms with E-state index >= 15 is 0 Å². The van der Waals surface area contributed by atoms with Crippen LogP contribution in [0.4, 0.5) is 4.39 Å². The fourth-order valence-electron chi connectivity index (χ4n) is 2.75. The molecule has 3 nitrogen and oxygen atoms in total. The van der Waals surface area contributed by atoms with Crippen LogP contribution in [0.2, 0.25) is 0 Å². The lowest BCUT2D eigenvalue weighted by atomic mass is 9.98. The minimum atomic E-state index is -0.438. The highest BCUT2D eigenvalue weighted by Crippen LogP contribution is 2.19. The van der Waals surface area contributed by atoms with Gasteiger partial charge in [-0.1, -0.05) is 26.0 Å². The maximum Gasteiger partial charge on any atom is 0.257 e. The molecule has 1 aromatic carbocycles. The Morgan fingerprint density at radius 1 is 1.45 bits per heavy atom. The van der Waals surface area contributed by atoms with Crippen molar-refractivity contribution in [1.82, 2.24) is 10.2 Å². The standard InChI is InChI=1S/C16H23FN2O/c1-11(2)8-13-9-18-12(3)10-19(13)16(20)14-6-4-5-7-15(14)17/h4-7,11-13,18H,8-10H2,1-3H3. The van der Waals surface area contributed by atoms with E-state index in [1.165, 1.54) is 6.07 Å². The van der Waals surface area contributed by atoms with Gasteiger partial charge in [0.1, 0.15) is 5.82 Å². The van der Waals surface area contributed by atoms with E-state index in [0.29, 0.717) is 12.5 Å². The van der Waals surface area contributed by atoms with Crippen molar-refractivity contribution < 1.29 is 9.18 Å². The smallest absolute Gasteiger partial charge is 0.257 e. The summed E-state index contributed by atoms with van der Waals surface area (Å²) in [5.74, 6) is -0.125. The maximum absolute atomic E-state index is 13.8. The number of nitrogens with one attached hydrogen (secondary N) is 1. The number of carbonyl (C=O) groups is 1. The fourth-order valence-corrected chi connectivity index (χ4v) is 2.75. The predicted molar refractivity (Wildman–Crippen MR) is 78.1 cm³/mol. The summed E-state index contributed by atoms with van der Waals surface area (Å²) in [6.45, 7) is 7.74. The molecule has 0 spiro atoms. The van der Waals surface area contributed by atoms with Crippen LogP contribution < -0.4 is 5.32 Å². The van der Waals surface area contributed by atoms with E-state index in [4.69, 9.17) is 0 Å². The van der Waals surface area contributed by atoms with Gasteiger partial charge >= 0.3 is 0 Å². The summed E-state index contributed by atoms with van der Waals surface area (Å²) in [5, 5.41) is 3.40. The van der Waals surface area contributed by atoms with Gasteiger partial charge in [-0.25, -0.2) is 4.39 Å². The summed E-state index contributed by atoms with van der Waals surface area (Å²) in [5.41, 5.74) is 0.176. The molecule has 1 aromatic rings. The predicted octanol–water partition coefficient (Wildman–Crippen LogP) is 2.67. The largest absolute Gasteiger partial charge is 0.333 e. The van der Waals surface area contributed by atoms with E-state index < -0.39 is 5.82 Å². The lowest BCUT2D eigenvalue weighted by Gasteiger charge is -2.40. The first kappa shape index (κ1) is 15.0. The molecule has 2 rings (SSSR count). The molecule has 1 N–H and O–H groups in total. The van der Waals surface area contributed by atoms with E-state index in [1.807, 2.05) is 11.8 Å². The molecule has 0 aromatic heterocycles. The SMILES string of the molecule is CC(C)CC1CNC(C)CN1C(=O)c1ccccc1F. The third kappa shape index (κ3) is 3.37. The van der Waals surface area contributed by atoms with Gasteiger partial charge in [0.15, 0.2) is 0 Å². The van der Waals surface area contributed by atoms with Crippen molar-refractivity contribution in [3.63, 3.8) is 0 Å². The van der Waals surface area contributed by atoms with Gasteiger partial charge in [0.2, 0.25) is 0 Å². The van der Waals surface area contributed by atoms with Crippen molar-refractivity contribution in [3.8, 4) is 0 Å². The number of piperazine rings is 1. The van der Waals surface area contributed by atoms with Crippen LogP contribution in [-0.2, 0) is 0 Å². The number of halogens is 1. The van der Waals surface area contributed by atoms with Crippen LogP contribution in [0.5, 0.6) is 0 Å². The minimum absolute atomic E-state index is 0.137. The molecule has 1 fully saturated rings. The Kier molecular flexibility index (Phi) is 4.76. The Balaban J connectivity index is 2.22. The number of hydrogen-bond acceptors (Lipinski definition) is 2. The van der Waals surface area contributed by atoms with Crippen LogP contribution in [0.15, 0.2) is 24.3 Å². The van der Waals surface area contributed by atoms with E-state index in [1.54, 1.807) is 18.2 Å². The number of benzene rings is 1. The molecule has 2 unspecified atom stereocenters. The van der Waals surface area contributed by atoms with Crippen LogP contribution >= 0.6 is 0 Å². The average molecular weight is 278 g/mol. The number of rotatable bonds is 3. The summed E-state index contributed by atoms with van der Waals surface area (Å²) in [6, 6.07) is 6.61. The van der Waals surface area contributed by atoms with Crippen LogP contribution in [-0.4, -0.2) is 36.0 Å². The number of amides is 1. The highest BCUT2D eigenvalue weighted by molar-refractivity contribution is 5.94. The number of hydrogen-bond donors (Lipinski definition) is 1. The van der Waals surface area contributed by atoms with Gasteiger partial charge in [-0.2, -0.15) is 0 Å². The van der Waals surface area contributed by atoms with E-state index in [2.05, 4.69) is 19.2 Å². The molecule has 0 bridgehead atoms. The molecule has 0 radical (unpaired) electrons. The van der Waals surface area contributed by atoms with Gasteiger partial charge in [-0.15, -0.1) is 0 Å². The molecule has 0 saturated carbocycles. The summed E-state index contributed by atoms with van der Waals surface area (Å²) < 4.78 is 13.8. The highest BCUT2D eigenvalue weighted by atomic mass is 19.1. The quantitative estimate of drug-likeness (QED) is 0.922. The van der Waals surface area contributed by atoms with E-state index in [-0.39, 0.29) is 23.6 Å². The molecule has 1 amide bonds. The second kappa shape index (κ2) is 6.35. The zero-order valence-electron chi connectivity index (χ0n) is 12.4. The molecule has 110 valence electrons. The zero-order chi connectivity index (χ0) is 14.7. The summed E-state index contributed by atoms with van der Waals surface area (Å²) >= 11 is 0. The molecular weight excluding hydrogens is 255 g/mol. The molecule has 4 heteroatoms. The van der Waals surface area contributed by atoms with Crippen LogP contribution in [0.25, 0.3) is 0 Å². The van der Waals surface area contributed by atoms with Gasteiger partial charge in [-0.05, 0) is 31.4 Å². The molecule has 0 aliphatic carbocycles. The Bertz CT molecular complexity index is 475. The molecular formula is C16H23FN2O. The normalized spacial score (nSPS) is 23.1. The topological polar surface area (TPSA) is 32.3 Å². The van der Waals surface area contributed by atoms with E-state index in [0.717, 1.165) is 13.0 Å². The Morgan fingerprint density at radius 3 is 2.80 bits per heavy atom. The first-order chi connectivity index (χ1) is 9.49. The first-order valence-electron chi connectivity index (χ1n) is 7.28. The van der Waals surface area contributed by atoms with Crippen molar-refractivity contribution in [2.75, 3.05) is 13.1 Å². The third-order valence-corrected chi connectivity index (χ3v) is 3.72. The number of nitrogens with zero attached hydrogens (tertiary/aromatic N) is 1. The zero-order valence-corrected chi connectivity index (χ0v) is 12.4. The second-order valence-electron chi connectivity index (χ2n) is 6.03. The summed E-state index contributed by atoms with van der Waals surface area (Å²) in [6.07, 6.45) is 0.930. The van der Waals surface area contributed by atoms with Crippen molar-refractivity contribution >= 4 is 5.91 Å². The van der Waals surface area contributed by atoms with E-state index in [9.17, 15) is 9.18 Å². The van der Waals surface area contributed by atoms with Gasteiger partial charge < -0.3 is 10.2 Å². The average Bonchev–Trinajstić information content (AvgIpc) is 2.40. The Hall–Kier alpha value is -1.42. The summed E-state index contributed by atoms with van der Waals surface area (Å²) in [4.78, 5) is 14.4. The molecule has 1 heterocycles. The lowest BCUT2D eigenvalue weighted by molar-refractivity contribution is 0.0559. The second-order valence-corrected chi connectivity index (χ2v) is 6.03. The monoisotopic (exact) mass is 278 g/mol.